The van der Waals surface area contributed by atoms with E-state index in [2.05, 4.69) is 113 Å². The van der Waals surface area contributed by atoms with Crippen LogP contribution in [-0.4, -0.2) is 8.07 Å². The van der Waals surface area contributed by atoms with Crippen LogP contribution in [-0.2, 0) is 7.05 Å². The molecule has 2 nitrogen and oxygen atoms in total. The Balaban J connectivity index is 1.53. The van der Waals surface area contributed by atoms with Crippen molar-refractivity contribution in [2.45, 2.75) is 72.0 Å². The van der Waals surface area contributed by atoms with Gasteiger partial charge in [0.15, 0.2) is 6.20 Å². The van der Waals surface area contributed by atoms with E-state index < -0.39 is 8.07 Å². The molecule has 6 rings (SSSR count). The molecule has 0 amide bonds. The van der Waals surface area contributed by atoms with Crippen LogP contribution in [0.4, 0.5) is 0 Å². The Hall–Kier alpha value is -2.91. The second-order valence-electron chi connectivity index (χ2n) is 12.9. The highest BCUT2D eigenvalue weighted by molar-refractivity contribution is 6.91. The number of benzene rings is 3. The summed E-state index contributed by atoms with van der Waals surface area (Å²) in [7, 11) is 0.588. The molecule has 0 atom stereocenters. The van der Waals surface area contributed by atoms with E-state index >= 15 is 0 Å². The third-order valence-electron chi connectivity index (χ3n) is 9.67. The van der Waals surface area contributed by atoms with Gasteiger partial charge in [0.1, 0.15) is 18.2 Å². The average Bonchev–Trinajstić information content (AvgIpc) is 3.23. The lowest BCUT2D eigenvalue weighted by Gasteiger charge is -2.41. The summed E-state index contributed by atoms with van der Waals surface area (Å²) in [4.78, 5) is 0. The number of para-hydroxylation sites is 1. The fourth-order valence-corrected chi connectivity index (χ4v) is 10.1. The highest BCUT2D eigenvalue weighted by Crippen LogP contribution is 2.45. The molecule has 2 heterocycles. The Bertz CT molecular complexity index is 1660. The van der Waals surface area contributed by atoms with Gasteiger partial charge in [0, 0.05) is 16.8 Å². The van der Waals surface area contributed by atoms with E-state index in [1.54, 1.807) is 5.19 Å². The smallest absolute Gasteiger partial charge is 0.224 e. The molecule has 0 spiro atoms. The number of furan rings is 1. The summed E-state index contributed by atoms with van der Waals surface area (Å²) in [5.41, 5.74) is 8.39. The van der Waals surface area contributed by atoms with Crippen molar-refractivity contribution in [1.82, 2.24) is 0 Å². The van der Waals surface area contributed by atoms with Crippen molar-refractivity contribution in [2.24, 2.45) is 12.5 Å². The first-order chi connectivity index (χ1) is 17.6. The van der Waals surface area contributed by atoms with Gasteiger partial charge in [0.05, 0.1) is 19.0 Å². The van der Waals surface area contributed by atoms with Crippen LogP contribution < -0.4 is 9.75 Å². The third kappa shape index (κ3) is 3.94. The number of fused-ring (bicyclic) bond motifs is 4. The number of aromatic nitrogens is 1. The lowest BCUT2D eigenvalue weighted by atomic mass is 9.77. The van der Waals surface area contributed by atoms with Crippen molar-refractivity contribution in [3.05, 3.63) is 71.9 Å². The Morgan fingerprint density at radius 1 is 0.892 bits per heavy atom. The standard InChI is InChI=1S/C34H40NOSi/c1-22-20-29-28-10-8-9-11-30(28)36-33(29)31(23(22)2)32-27-13-12-26(21-24(27)16-19-35(32)5)37(6,7)25-14-17-34(3,4)18-15-25/h8-13,16,19-21,25H,14-15,17-18H2,1-7H3/q+1. The highest BCUT2D eigenvalue weighted by atomic mass is 28.3. The molecule has 1 saturated carbocycles. The molecule has 3 aromatic carbocycles. The van der Waals surface area contributed by atoms with Crippen LogP contribution in [0, 0.1) is 19.3 Å². The van der Waals surface area contributed by atoms with E-state index in [-0.39, 0.29) is 0 Å². The van der Waals surface area contributed by atoms with Gasteiger partial charge in [-0.05, 0) is 72.4 Å². The van der Waals surface area contributed by atoms with Crippen molar-refractivity contribution in [3.63, 3.8) is 0 Å². The first-order valence-corrected chi connectivity index (χ1v) is 17.0. The lowest BCUT2D eigenvalue weighted by Crippen LogP contribution is -2.47. The number of pyridine rings is 1. The topological polar surface area (TPSA) is 17.0 Å². The number of nitrogens with zero attached hydrogens (tertiary/aromatic N) is 1. The first-order valence-electron chi connectivity index (χ1n) is 13.9. The zero-order chi connectivity index (χ0) is 26.1. The molecule has 0 radical (unpaired) electrons. The third-order valence-corrected chi connectivity index (χ3v) is 14.1. The van der Waals surface area contributed by atoms with Gasteiger partial charge in [-0.15, -0.1) is 0 Å². The summed E-state index contributed by atoms with van der Waals surface area (Å²) in [5, 5.41) is 6.64. The maximum Gasteiger partial charge on any atom is 0.224 e. The van der Waals surface area contributed by atoms with Crippen molar-refractivity contribution >= 4 is 46.0 Å². The van der Waals surface area contributed by atoms with Gasteiger partial charge in [-0.25, -0.2) is 4.57 Å². The van der Waals surface area contributed by atoms with Crippen LogP contribution in [0.3, 0.4) is 0 Å². The monoisotopic (exact) mass is 506 g/mol. The normalized spacial score (nSPS) is 16.7. The number of hydrogen-bond donors (Lipinski definition) is 0. The van der Waals surface area contributed by atoms with Crippen molar-refractivity contribution < 1.29 is 8.98 Å². The van der Waals surface area contributed by atoms with Gasteiger partial charge in [-0.2, -0.15) is 0 Å². The Morgan fingerprint density at radius 3 is 2.38 bits per heavy atom. The summed E-state index contributed by atoms with van der Waals surface area (Å²) in [6, 6.07) is 20.4. The largest absolute Gasteiger partial charge is 0.455 e. The highest BCUT2D eigenvalue weighted by Gasteiger charge is 2.38. The van der Waals surface area contributed by atoms with Gasteiger partial charge in [0.25, 0.3) is 0 Å². The van der Waals surface area contributed by atoms with Crippen LogP contribution in [0.15, 0.2) is 65.2 Å². The van der Waals surface area contributed by atoms with E-state index in [1.165, 1.54) is 69.6 Å². The lowest BCUT2D eigenvalue weighted by molar-refractivity contribution is -0.659. The van der Waals surface area contributed by atoms with Gasteiger partial charge in [-0.3, -0.25) is 0 Å². The number of aryl methyl sites for hydroxylation is 2. The Morgan fingerprint density at radius 2 is 1.62 bits per heavy atom. The minimum atomic E-state index is -1.58. The molecule has 190 valence electrons. The summed E-state index contributed by atoms with van der Waals surface area (Å²) < 4.78 is 8.83. The van der Waals surface area contributed by atoms with Crippen molar-refractivity contribution in [3.8, 4) is 11.3 Å². The van der Waals surface area contributed by atoms with Gasteiger partial charge < -0.3 is 4.42 Å². The van der Waals surface area contributed by atoms with E-state index in [0.717, 1.165) is 16.7 Å². The van der Waals surface area contributed by atoms with Crippen molar-refractivity contribution in [2.75, 3.05) is 0 Å². The van der Waals surface area contributed by atoms with Crippen molar-refractivity contribution in [1.29, 1.82) is 0 Å². The summed E-state index contributed by atoms with van der Waals surface area (Å²) >= 11 is 0. The molecule has 0 saturated heterocycles. The molecule has 0 bridgehead atoms. The van der Waals surface area contributed by atoms with E-state index in [9.17, 15) is 0 Å². The van der Waals surface area contributed by atoms with Crippen LogP contribution in [0.5, 0.6) is 0 Å². The zero-order valence-corrected chi connectivity index (χ0v) is 24.5. The summed E-state index contributed by atoms with van der Waals surface area (Å²) in [5.74, 6) is 0. The zero-order valence-electron chi connectivity index (χ0n) is 23.5. The molecule has 1 fully saturated rings. The minimum Gasteiger partial charge on any atom is -0.455 e. The van der Waals surface area contributed by atoms with Crippen LogP contribution in [0.2, 0.25) is 18.6 Å². The molecular formula is C34H40NOSi+. The second-order valence-corrected chi connectivity index (χ2v) is 17.7. The minimum absolute atomic E-state index is 0.516. The molecule has 2 aromatic heterocycles. The molecule has 1 aliphatic rings. The predicted molar refractivity (Wildman–Crippen MR) is 160 cm³/mol. The van der Waals surface area contributed by atoms with E-state index in [4.69, 9.17) is 4.42 Å². The van der Waals surface area contributed by atoms with Gasteiger partial charge in [0.2, 0.25) is 5.69 Å². The molecular weight excluding hydrogens is 466 g/mol. The average molecular weight is 507 g/mol. The molecule has 0 N–H and O–H groups in total. The van der Waals surface area contributed by atoms with E-state index in [1.807, 2.05) is 0 Å². The Kier molecular flexibility index (Phi) is 5.65. The molecule has 0 aliphatic heterocycles. The van der Waals surface area contributed by atoms with Crippen LogP contribution in [0.1, 0.15) is 50.7 Å². The van der Waals surface area contributed by atoms with Crippen LogP contribution in [0.25, 0.3) is 44.0 Å². The van der Waals surface area contributed by atoms with E-state index in [0.29, 0.717) is 5.41 Å². The fraction of sp³-hybridized carbons (Fsp3) is 0.382. The summed E-state index contributed by atoms with van der Waals surface area (Å²) in [6.07, 6.45) is 7.72. The summed E-state index contributed by atoms with van der Waals surface area (Å²) in [6.45, 7) is 14.6. The van der Waals surface area contributed by atoms with Gasteiger partial charge >= 0.3 is 0 Å². The number of rotatable bonds is 3. The molecule has 1 aliphatic carbocycles. The predicted octanol–water partition coefficient (Wildman–Crippen LogP) is 8.73. The SMILES string of the molecule is Cc1cc2c(oc3ccccc32)c(-c2c3ccc([Si](C)(C)C4CCC(C)(C)CC4)cc3cc[n+]2C)c1C. The fourth-order valence-electron chi connectivity index (χ4n) is 6.81. The molecule has 3 heteroatoms. The molecule has 37 heavy (non-hydrogen) atoms. The first kappa shape index (κ1) is 24.4. The Labute approximate surface area is 222 Å². The number of hydrogen-bond acceptors (Lipinski definition) is 1. The quantitative estimate of drug-likeness (QED) is 0.177. The maximum absolute atomic E-state index is 6.55. The second kappa shape index (κ2) is 8.56. The molecule has 5 aromatic rings. The van der Waals surface area contributed by atoms with Crippen LogP contribution >= 0.6 is 0 Å². The maximum atomic E-state index is 6.55. The van der Waals surface area contributed by atoms with Gasteiger partial charge in [-0.1, -0.05) is 75.3 Å². The molecule has 0 unspecified atom stereocenters.